The largest absolute Gasteiger partial charge is 0.496 e. The van der Waals surface area contributed by atoms with Gasteiger partial charge >= 0.3 is 11.9 Å². The lowest BCUT2D eigenvalue weighted by Gasteiger charge is -2.10. The van der Waals surface area contributed by atoms with Crippen LogP contribution in [-0.2, 0) is 14.3 Å². The van der Waals surface area contributed by atoms with Crippen molar-refractivity contribution in [3.05, 3.63) is 23.8 Å². The van der Waals surface area contributed by atoms with Crippen LogP contribution in [0.3, 0.4) is 0 Å². The van der Waals surface area contributed by atoms with E-state index >= 15 is 0 Å². The fourth-order valence-corrected chi connectivity index (χ4v) is 1.19. The normalized spacial score (nSPS) is 9.53. The molecule has 0 saturated heterocycles. The summed E-state index contributed by atoms with van der Waals surface area (Å²) in [4.78, 5) is 22.5. The lowest BCUT2D eigenvalue weighted by Crippen LogP contribution is -2.16. The second kappa shape index (κ2) is 5.74. The molecule has 92 valence electrons. The van der Waals surface area contributed by atoms with Gasteiger partial charge in [0.25, 0.3) is 0 Å². The molecule has 6 heteroatoms. The first-order valence-corrected chi connectivity index (χ1v) is 4.76. The van der Waals surface area contributed by atoms with Crippen molar-refractivity contribution in [2.45, 2.75) is 0 Å². The second-order valence-electron chi connectivity index (χ2n) is 3.08. The van der Waals surface area contributed by atoms with E-state index in [1.54, 1.807) is 12.1 Å². The van der Waals surface area contributed by atoms with Crippen LogP contribution in [0.1, 0.15) is 10.4 Å². The van der Waals surface area contributed by atoms with E-state index in [2.05, 4.69) is 4.74 Å². The van der Waals surface area contributed by atoms with Crippen molar-refractivity contribution in [1.29, 1.82) is 0 Å². The van der Waals surface area contributed by atoms with Gasteiger partial charge in [0.05, 0.1) is 14.2 Å². The summed E-state index contributed by atoms with van der Waals surface area (Å²) in [6.07, 6.45) is 0. The van der Waals surface area contributed by atoms with Gasteiger partial charge in [0.15, 0.2) is 6.61 Å². The molecular weight excluding hydrogens is 226 g/mol. The summed E-state index contributed by atoms with van der Waals surface area (Å²) in [7, 11) is 2.61. The highest BCUT2D eigenvalue weighted by Gasteiger charge is 2.18. The van der Waals surface area contributed by atoms with Crippen molar-refractivity contribution < 1.29 is 23.8 Å². The van der Waals surface area contributed by atoms with Gasteiger partial charge in [0.1, 0.15) is 11.3 Å². The molecule has 0 aliphatic carbocycles. The summed E-state index contributed by atoms with van der Waals surface area (Å²) in [6, 6.07) is 4.76. The van der Waals surface area contributed by atoms with Gasteiger partial charge in [-0.15, -0.1) is 0 Å². The number of nitrogen functional groups attached to an aromatic ring is 1. The van der Waals surface area contributed by atoms with E-state index in [1.165, 1.54) is 20.3 Å². The molecule has 6 nitrogen and oxygen atoms in total. The van der Waals surface area contributed by atoms with E-state index in [9.17, 15) is 9.59 Å². The Kier molecular flexibility index (Phi) is 4.33. The standard InChI is InChI=1S/C11H13NO5/c1-15-8-5-3-4-7(12)10(8)11(14)17-6-9(13)16-2/h3-5H,6,12H2,1-2H3. The number of nitrogens with two attached hydrogens (primary N) is 1. The number of methoxy groups -OCH3 is 2. The van der Waals surface area contributed by atoms with Crippen LogP contribution in [-0.4, -0.2) is 32.8 Å². The quantitative estimate of drug-likeness (QED) is 0.611. The van der Waals surface area contributed by atoms with Crippen LogP contribution in [0.2, 0.25) is 0 Å². The Balaban J connectivity index is 2.85. The van der Waals surface area contributed by atoms with E-state index in [4.69, 9.17) is 15.2 Å². The molecule has 0 unspecified atom stereocenters. The average Bonchev–Trinajstić information content (AvgIpc) is 2.34. The molecule has 0 bridgehead atoms. The van der Waals surface area contributed by atoms with Crippen molar-refractivity contribution in [2.75, 3.05) is 26.6 Å². The summed E-state index contributed by atoms with van der Waals surface area (Å²) in [5, 5.41) is 0. The Morgan fingerprint density at radius 2 is 2.00 bits per heavy atom. The average molecular weight is 239 g/mol. The zero-order chi connectivity index (χ0) is 12.8. The monoisotopic (exact) mass is 239 g/mol. The van der Waals surface area contributed by atoms with Crippen molar-refractivity contribution in [1.82, 2.24) is 0 Å². The van der Waals surface area contributed by atoms with E-state index in [1.807, 2.05) is 0 Å². The highest BCUT2D eigenvalue weighted by Crippen LogP contribution is 2.24. The van der Waals surface area contributed by atoms with Gasteiger partial charge in [-0.25, -0.2) is 9.59 Å². The Bertz CT molecular complexity index is 430. The first-order chi connectivity index (χ1) is 8.10. The minimum atomic E-state index is -0.731. The molecule has 0 spiro atoms. The first-order valence-electron chi connectivity index (χ1n) is 4.76. The predicted molar refractivity (Wildman–Crippen MR) is 59.7 cm³/mol. The molecule has 0 fully saturated rings. The predicted octanol–water partition coefficient (Wildman–Crippen LogP) is 0.607. The Morgan fingerprint density at radius 3 is 2.59 bits per heavy atom. The van der Waals surface area contributed by atoms with Crippen molar-refractivity contribution in [3.8, 4) is 5.75 Å². The lowest BCUT2D eigenvalue weighted by molar-refractivity contribution is -0.144. The molecule has 0 aliphatic rings. The molecule has 1 rings (SSSR count). The molecule has 0 atom stereocenters. The first kappa shape index (κ1) is 12.8. The Morgan fingerprint density at radius 1 is 1.29 bits per heavy atom. The lowest BCUT2D eigenvalue weighted by atomic mass is 10.1. The van der Waals surface area contributed by atoms with Gasteiger partial charge in [-0.2, -0.15) is 0 Å². The van der Waals surface area contributed by atoms with Gasteiger partial charge in [-0.05, 0) is 12.1 Å². The van der Waals surface area contributed by atoms with Gasteiger partial charge < -0.3 is 19.9 Å². The molecule has 0 aliphatic heterocycles. The van der Waals surface area contributed by atoms with Crippen molar-refractivity contribution in [2.24, 2.45) is 0 Å². The maximum absolute atomic E-state index is 11.7. The topological polar surface area (TPSA) is 87.9 Å². The Hall–Kier alpha value is -2.24. The van der Waals surface area contributed by atoms with Gasteiger partial charge in [-0.3, -0.25) is 0 Å². The molecule has 0 heterocycles. The van der Waals surface area contributed by atoms with Crippen LogP contribution >= 0.6 is 0 Å². The number of ether oxygens (including phenoxy) is 3. The van der Waals surface area contributed by atoms with Crippen LogP contribution in [0.4, 0.5) is 5.69 Å². The van der Waals surface area contributed by atoms with Crippen molar-refractivity contribution in [3.63, 3.8) is 0 Å². The summed E-state index contributed by atoms with van der Waals surface area (Å²) < 4.78 is 14.1. The summed E-state index contributed by atoms with van der Waals surface area (Å²) in [6.45, 7) is -0.465. The Labute approximate surface area is 98.3 Å². The third-order valence-corrected chi connectivity index (χ3v) is 2.03. The zero-order valence-corrected chi connectivity index (χ0v) is 9.56. The fourth-order valence-electron chi connectivity index (χ4n) is 1.19. The van der Waals surface area contributed by atoms with E-state index in [0.717, 1.165) is 0 Å². The minimum absolute atomic E-state index is 0.0962. The van der Waals surface area contributed by atoms with Gasteiger partial charge in [0.2, 0.25) is 0 Å². The third kappa shape index (κ3) is 3.10. The van der Waals surface area contributed by atoms with E-state index < -0.39 is 18.5 Å². The van der Waals surface area contributed by atoms with Crippen LogP contribution in [0.25, 0.3) is 0 Å². The SMILES string of the molecule is COC(=O)COC(=O)c1c(N)cccc1OC. The molecule has 0 aromatic heterocycles. The van der Waals surface area contributed by atoms with Crippen LogP contribution in [0.5, 0.6) is 5.75 Å². The number of hydrogen-bond donors (Lipinski definition) is 1. The molecule has 0 amide bonds. The molecule has 1 aromatic rings. The number of rotatable bonds is 4. The fraction of sp³-hybridized carbons (Fsp3) is 0.273. The van der Waals surface area contributed by atoms with Crippen LogP contribution in [0.15, 0.2) is 18.2 Å². The van der Waals surface area contributed by atoms with Crippen molar-refractivity contribution >= 4 is 17.6 Å². The van der Waals surface area contributed by atoms with Crippen LogP contribution in [0, 0.1) is 0 Å². The highest BCUT2D eigenvalue weighted by molar-refractivity contribution is 5.98. The number of carbonyl (C=O) groups is 2. The number of hydrogen-bond acceptors (Lipinski definition) is 6. The number of esters is 2. The maximum Gasteiger partial charge on any atom is 0.344 e. The van der Waals surface area contributed by atoms with E-state index in [0.29, 0.717) is 5.75 Å². The molecule has 0 radical (unpaired) electrons. The smallest absolute Gasteiger partial charge is 0.344 e. The maximum atomic E-state index is 11.7. The zero-order valence-electron chi connectivity index (χ0n) is 9.56. The third-order valence-electron chi connectivity index (χ3n) is 2.03. The molecule has 2 N–H and O–H groups in total. The van der Waals surface area contributed by atoms with Gasteiger partial charge in [-0.1, -0.05) is 6.07 Å². The number of carbonyl (C=O) groups excluding carboxylic acids is 2. The molecule has 1 aromatic carbocycles. The summed E-state index contributed by atoms with van der Waals surface area (Å²) >= 11 is 0. The number of benzene rings is 1. The molecule has 17 heavy (non-hydrogen) atoms. The summed E-state index contributed by atoms with van der Waals surface area (Å²) in [5.41, 5.74) is 5.96. The van der Waals surface area contributed by atoms with Gasteiger partial charge in [0, 0.05) is 5.69 Å². The highest BCUT2D eigenvalue weighted by atomic mass is 16.6. The van der Waals surface area contributed by atoms with Crippen LogP contribution < -0.4 is 10.5 Å². The second-order valence-corrected chi connectivity index (χ2v) is 3.08. The molecule has 0 saturated carbocycles. The van der Waals surface area contributed by atoms with E-state index in [-0.39, 0.29) is 11.3 Å². The molecular formula is C11H13NO5. The number of anilines is 1. The summed E-state index contributed by atoms with van der Waals surface area (Å²) in [5.74, 6) is -1.09. The minimum Gasteiger partial charge on any atom is -0.496 e.